The molecule has 0 saturated carbocycles. The van der Waals surface area contributed by atoms with E-state index < -0.39 is 0 Å². The molecule has 2 rings (SSSR count). The second-order valence-corrected chi connectivity index (χ2v) is 4.48. The maximum Gasteiger partial charge on any atom is 0.310 e. The Hall–Kier alpha value is -1.29. The van der Waals surface area contributed by atoms with Gasteiger partial charge in [-0.1, -0.05) is 6.07 Å². The Morgan fingerprint density at radius 1 is 1.50 bits per heavy atom. The number of aryl methyl sites for hydroxylation is 1. The maximum absolute atomic E-state index is 11.3. The van der Waals surface area contributed by atoms with E-state index in [-0.39, 0.29) is 5.97 Å². The van der Waals surface area contributed by atoms with E-state index in [9.17, 15) is 4.79 Å². The fourth-order valence-electron chi connectivity index (χ4n) is 1.72. The van der Waals surface area contributed by atoms with E-state index >= 15 is 0 Å². The number of carbonyl (C=O) groups excluding carboxylic acids is 1. The van der Waals surface area contributed by atoms with Gasteiger partial charge in [-0.3, -0.25) is 4.79 Å². The number of rotatable bonds is 2. The molecule has 0 saturated heterocycles. The minimum absolute atomic E-state index is 0.227. The topological polar surface area (TPSA) is 42.1 Å². The van der Waals surface area contributed by atoms with Crippen molar-refractivity contribution in [1.82, 2.24) is 4.98 Å². The molecule has 4 heteroatoms. The third-order valence-electron chi connectivity index (χ3n) is 2.62. The first-order chi connectivity index (χ1) is 7.63. The fourth-order valence-corrected chi connectivity index (χ4v) is 2.32. The molecular weight excluding hydrogens is 270 g/mol. The zero-order chi connectivity index (χ0) is 11.7. The number of hydrogen-bond donors (Lipinski definition) is 1. The highest BCUT2D eigenvalue weighted by Crippen LogP contribution is 2.30. The summed E-state index contributed by atoms with van der Waals surface area (Å²) in [4.78, 5) is 14.4. The number of nitrogens with one attached hydrogen (secondary N) is 1. The zero-order valence-electron chi connectivity index (χ0n) is 9.13. The summed E-state index contributed by atoms with van der Waals surface area (Å²) < 4.78 is 5.71. The van der Waals surface area contributed by atoms with E-state index in [1.165, 1.54) is 7.11 Å². The first-order valence-corrected chi connectivity index (χ1v) is 5.74. The van der Waals surface area contributed by atoms with E-state index in [2.05, 4.69) is 25.7 Å². The predicted octanol–water partition coefficient (Wildman–Crippen LogP) is 2.95. The smallest absolute Gasteiger partial charge is 0.310 e. The number of carbonyl (C=O) groups is 1. The van der Waals surface area contributed by atoms with Crippen LogP contribution in [0.15, 0.2) is 22.8 Å². The number of fused-ring (bicyclic) bond motifs is 1. The maximum atomic E-state index is 11.3. The number of hydrogen-bond acceptors (Lipinski definition) is 2. The Labute approximate surface area is 102 Å². The van der Waals surface area contributed by atoms with Crippen molar-refractivity contribution in [1.29, 1.82) is 0 Å². The summed E-state index contributed by atoms with van der Waals surface area (Å²) in [5.74, 6) is -0.227. The lowest BCUT2D eigenvalue weighted by atomic mass is 10.1. The molecule has 2 aromatic rings. The quantitative estimate of drug-likeness (QED) is 0.860. The van der Waals surface area contributed by atoms with Crippen LogP contribution in [0.3, 0.4) is 0 Å². The van der Waals surface area contributed by atoms with E-state index in [1.54, 1.807) is 0 Å². The van der Waals surface area contributed by atoms with E-state index in [0.717, 1.165) is 26.5 Å². The van der Waals surface area contributed by atoms with Crippen molar-refractivity contribution in [2.45, 2.75) is 13.3 Å². The summed E-state index contributed by atoms with van der Waals surface area (Å²) in [6.07, 6.45) is 2.14. The van der Waals surface area contributed by atoms with Crippen LogP contribution in [0.2, 0.25) is 0 Å². The Morgan fingerprint density at radius 2 is 2.25 bits per heavy atom. The molecule has 0 aliphatic heterocycles. The number of ether oxygens (including phenoxy) is 1. The van der Waals surface area contributed by atoms with Crippen LogP contribution in [-0.2, 0) is 16.0 Å². The molecule has 3 nitrogen and oxygen atoms in total. The fraction of sp³-hybridized carbons (Fsp3) is 0.250. The largest absolute Gasteiger partial charge is 0.469 e. The van der Waals surface area contributed by atoms with Gasteiger partial charge in [0.2, 0.25) is 0 Å². The first kappa shape index (κ1) is 11.2. The second-order valence-electron chi connectivity index (χ2n) is 3.69. The van der Waals surface area contributed by atoms with Gasteiger partial charge in [0, 0.05) is 21.6 Å². The number of halogens is 1. The molecule has 0 aliphatic rings. The molecule has 0 bridgehead atoms. The van der Waals surface area contributed by atoms with Gasteiger partial charge in [-0.15, -0.1) is 0 Å². The molecular formula is C12H12BrNO2. The molecule has 0 spiro atoms. The zero-order valence-corrected chi connectivity index (χ0v) is 10.7. The highest BCUT2D eigenvalue weighted by atomic mass is 79.9. The predicted molar refractivity (Wildman–Crippen MR) is 66.5 cm³/mol. The van der Waals surface area contributed by atoms with Crippen molar-refractivity contribution in [3.05, 3.63) is 33.9 Å². The lowest BCUT2D eigenvalue weighted by Crippen LogP contribution is -2.03. The summed E-state index contributed by atoms with van der Waals surface area (Å²) in [5.41, 5.74) is 3.13. The third-order valence-corrected chi connectivity index (χ3v) is 3.64. The average molecular weight is 282 g/mol. The molecule has 1 N–H and O–H groups in total. The van der Waals surface area contributed by atoms with Crippen molar-refractivity contribution in [2.24, 2.45) is 0 Å². The van der Waals surface area contributed by atoms with Crippen LogP contribution in [0, 0.1) is 6.92 Å². The Kier molecular flexibility index (Phi) is 3.01. The number of esters is 1. The minimum atomic E-state index is -0.227. The van der Waals surface area contributed by atoms with Gasteiger partial charge in [0.25, 0.3) is 0 Å². The lowest BCUT2D eigenvalue weighted by molar-refractivity contribution is -0.139. The number of benzene rings is 1. The SMILES string of the molecule is COC(=O)Cc1c[nH]c2ccc(C)c(Br)c12. The van der Waals surface area contributed by atoms with Crippen LogP contribution in [-0.4, -0.2) is 18.1 Å². The molecule has 16 heavy (non-hydrogen) atoms. The Morgan fingerprint density at radius 3 is 2.94 bits per heavy atom. The van der Waals surface area contributed by atoms with Crippen LogP contribution < -0.4 is 0 Å². The van der Waals surface area contributed by atoms with Crippen LogP contribution in [0.25, 0.3) is 10.9 Å². The van der Waals surface area contributed by atoms with Crippen LogP contribution in [0.4, 0.5) is 0 Å². The summed E-state index contributed by atoms with van der Waals surface area (Å²) >= 11 is 3.55. The summed E-state index contributed by atoms with van der Waals surface area (Å²) in [7, 11) is 1.40. The van der Waals surface area contributed by atoms with Gasteiger partial charge in [-0.25, -0.2) is 0 Å². The highest BCUT2D eigenvalue weighted by Gasteiger charge is 2.12. The standard InChI is InChI=1S/C12H12BrNO2/c1-7-3-4-9-11(12(7)13)8(6-14-9)5-10(15)16-2/h3-4,6,14H,5H2,1-2H3. The Bertz CT molecular complexity index is 545. The van der Waals surface area contributed by atoms with Crippen molar-refractivity contribution >= 4 is 32.8 Å². The van der Waals surface area contributed by atoms with Gasteiger partial charge in [-0.2, -0.15) is 0 Å². The third kappa shape index (κ3) is 1.85. The van der Waals surface area contributed by atoms with Gasteiger partial charge < -0.3 is 9.72 Å². The number of methoxy groups -OCH3 is 1. The number of aromatic nitrogens is 1. The molecule has 0 amide bonds. The molecule has 84 valence electrons. The van der Waals surface area contributed by atoms with E-state index in [4.69, 9.17) is 0 Å². The van der Waals surface area contributed by atoms with Gasteiger partial charge in [0.1, 0.15) is 0 Å². The van der Waals surface area contributed by atoms with Gasteiger partial charge >= 0.3 is 5.97 Å². The van der Waals surface area contributed by atoms with Gasteiger partial charge in [0.15, 0.2) is 0 Å². The summed E-state index contributed by atoms with van der Waals surface area (Å²) in [6, 6.07) is 4.04. The van der Waals surface area contributed by atoms with Crippen LogP contribution >= 0.6 is 15.9 Å². The molecule has 0 fully saturated rings. The molecule has 0 aliphatic carbocycles. The normalized spacial score (nSPS) is 10.7. The van der Waals surface area contributed by atoms with Gasteiger partial charge in [-0.05, 0) is 40.0 Å². The molecule has 0 radical (unpaired) electrons. The molecule has 1 aromatic carbocycles. The van der Waals surface area contributed by atoms with Crippen LogP contribution in [0.1, 0.15) is 11.1 Å². The van der Waals surface area contributed by atoms with Crippen molar-refractivity contribution in [3.8, 4) is 0 Å². The second kappa shape index (κ2) is 4.29. The van der Waals surface area contributed by atoms with Crippen molar-refractivity contribution < 1.29 is 9.53 Å². The average Bonchev–Trinajstić information content (AvgIpc) is 2.67. The first-order valence-electron chi connectivity index (χ1n) is 4.95. The minimum Gasteiger partial charge on any atom is -0.469 e. The monoisotopic (exact) mass is 281 g/mol. The highest BCUT2D eigenvalue weighted by molar-refractivity contribution is 9.10. The molecule has 1 heterocycles. The molecule has 0 unspecified atom stereocenters. The van der Waals surface area contributed by atoms with E-state index in [1.807, 2.05) is 25.3 Å². The summed E-state index contributed by atoms with van der Waals surface area (Å²) in [6.45, 7) is 2.03. The number of aromatic amines is 1. The van der Waals surface area contributed by atoms with E-state index in [0.29, 0.717) is 6.42 Å². The lowest BCUT2D eigenvalue weighted by Gasteiger charge is -2.03. The number of H-pyrrole nitrogens is 1. The van der Waals surface area contributed by atoms with Gasteiger partial charge in [0.05, 0.1) is 13.5 Å². The summed E-state index contributed by atoms with van der Waals surface area (Å²) in [5, 5.41) is 1.06. The Balaban J connectivity index is 2.54. The molecule has 0 atom stereocenters. The molecule has 1 aromatic heterocycles. The van der Waals surface area contributed by atoms with Crippen LogP contribution in [0.5, 0.6) is 0 Å². The van der Waals surface area contributed by atoms with Crippen molar-refractivity contribution in [2.75, 3.05) is 7.11 Å². The van der Waals surface area contributed by atoms with Crippen molar-refractivity contribution in [3.63, 3.8) is 0 Å².